The fraction of sp³-hybridized carbons (Fsp3) is 0.333. The van der Waals surface area contributed by atoms with Crippen LogP contribution in [0.15, 0.2) is 43.0 Å². The highest BCUT2D eigenvalue weighted by Gasteiger charge is 2.11. The van der Waals surface area contributed by atoms with Crippen LogP contribution in [0.2, 0.25) is 0 Å². The van der Waals surface area contributed by atoms with Crippen molar-refractivity contribution in [3.8, 4) is 0 Å². The second-order valence-electron chi connectivity index (χ2n) is 4.45. The number of nitrogen functional groups attached to an aromatic ring is 1. The zero-order valence-corrected chi connectivity index (χ0v) is 12.2. The Hall–Kier alpha value is -1.72. The monoisotopic (exact) mass is 289 g/mol. The molecule has 0 saturated heterocycles. The number of nitrogens with two attached hydrogens (primary N) is 1. The summed E-state index contributed by atoms with van der Waals surface area (Å²) in [4.78, 5) is 0. The van der Waals surface area contributed by atoms with Gasteiger partial charge in [0.25, 0.3) is 0 Å². The number of nitrogens with zero attached hydrogens (tertiary/aromatic N) is 2. The molecule has 0 aliphatic rings. The van der Waals surface area contributed by atoms with Gasteiger partial charge in [0.2, 0.25) is 5.13 Å². The minimum atomic E-state index is 0.0967. The first-order valence-corrected chi connectivity index (χ1v) is 7.46. The molecule has 20 heavy (non-hydrogen) atoms. The SMILES string of the molecule is C=CCOC(CCCc1nnc(N)s1)c1ccccc1. The maximum Gasteiger partial charge on any atom is 0.203 e. The summed E-state index contributed by atoms with van der Waals surface area (Å²) >= 11 is 1.45. The van der Waals surface area contributed by atoms with Crippen LogP contribution in [0.3, 0.4) is 0 Å². The summed E-state index contributed by atoms with van der Waals surface area (Å²) < 4.78 is 5.85. The lowest BCUT2D eigenvalue weighted by atomic mass is 10.0. The first-order valence-electron chi connectivity index (χ1n) is 6.65. The molecule has 1 heterocycles. The normalized spacial score (nSPS) is 12.2. The predicted molar refractivity (Wildman–Crippen MR) is 82.6 cm³/mol. The first-order chi connectivity index (χ1) is 9.79. The average Bonchev–Trinajstić information content (AvgIpc) is 2.89. The van der Waals surface area contributed by atoms with Crippen molar-refractivity contribution < 1.29 is 4.74 Å². The first kappa shape index (κ1) is 14.7. The van der Waals surface area contributed by atoms with Gasteiger partial charge >= 0.3 is 0 Å². The van der Waals surface area contributed by atoms with E-state index in [4.69, 9.17) is 10.5 Å². The lowest BCUT2D eigenvalue weighted by molar-refractivity contribution is 0.0660. The highest BCUT2D eigenvalue weighted by Crippen LogP contribution is 2.24. The molecule has 1 unspecified atom stereocenters. The molecule has 0 fully saturated rings. The highest BCUT2D eigenvalue weighted by molar-refractivity contribution is 7.15. The molecule has 0 aliphatic carbocycles. The number of rotatable bonds is 8. The maximum absolute atomic E-state index is 5.85. The predicted octanol–water partition coefficient (Wildman–Crippen LogP) is 3.39. The van der Waals surface area contributed by atoms with E-state index < -0.39 is 0 Å². The Morgan fingerprint density at radius 3 is 2.75 bits per heavy atom. The molecule has 4 nitrogen and oxygen atoms in total. The van der Waals surface area contributed by atoms with E-state index in [1.165, 1.54) is 16.9 Å². The lowest BCUT2D eigenvalue weighted by Gasteiger charge is -2.17. The van der Waals surface area contributed by atoms with Crippen LogP contribution < -0.4 is 5.73 Å². The maximum atomic E-state index is 5.85. The number of benzene rings is 1. The molecule has 1 atom stereocenters. The van der Waals surface area contributed by atoms with Gasteiger partial charge in [-0.1, -0.05) is 47.7 Å². The van der Waals surface area contributed by atoms with Crippen molar-refractivity contribution in [1.29, 1.82) is 0 Å². The minimum Gasteiger partial charge on any atom is -0.374 e. The van der Waals surface area contributed by atoms with Gasteiger partial charge in [-0.3, -0.25) is 0 Å². The fourth-order valence-corrected chi connectivity index (χ4v) is 2.66. The number of hydrogen-bond donors (Lipinski definition) is 1. The van der Waals surface area contributed by atoms with Crippen molar-refractivity contribution in [3.05, 3.63) is 53.6 Å². The third-order valence-electron chi connectivity index (χ3n) is 2.93. The van der Waals surface area contributed by atoms with E-state index in [2.05, 4.69) is 28.9 Å². The van der Waals surface area contributed by atoms with E-state index in [0.29, 0.717) is 11.7 Å². The van der Waals surface area contributed by atoms with Crippen molar-refractivity contribution in [2.24, 2.45) is 0 Å². The summed E-state index contributed by atoms with van der Waals surface area (Å²) in [5, 5.41) is 9.37. The van der Waals surface area contributed by atoms with E-state index in [1.807, 2.05) is 18.2 Å². The molecule has 0 radical (unpaired) electrons. The standard InChI is InChI=1S/C15H19N3OS/c1-2-11-19-13(12-7-4-3-5-8-12)9-6-10-14-17-18-15(16)20-14/h2-5,7-8,13H,1,6,9-11H2,(H2,16,18). The second-order valence-corrected chi connectivity index (χ2v) is 5.54. The van der Waals surface area contributed by atoms with Crippen LogP contribution in [-0.4, -0.2) is 16.8 Å². The van der Waals surface area contributed by atoms with E-state index >= 15 is 0 Å². The zero-order valence-electron chi connectivity index (χ0n) is 11.4. The molecule has 5 heteroatoms. The smallest absolute Gasteiger partial charge is 0.203 e. The molecule has 2 rings (SSSR count). The van der Waals surface area contributed by atoms with Gasteiger partial charge in [0.1, 0.15) is 5.01 Å². The van der Waals surface area contributed by atoms with Gasteiger partial charge in [0.05, 0.1) is 12.7 Å². The van der Waals surface area contributed by atoms with Crippen LogP contribution in [-0.2, 0) is 11.2 Å². The van der Waals surface area contributed by atoms with Crippen LogP contribution in [0.25, 0.3) is 0 Å². The second kappa shape index (κ2) is 7.77. The summed E-state index contributed by atoms with van der Waals surface area (Å²) in [6.07, 6.45) is 4.69. The van der Waals surface area contributed by atoms with Crippen molar-refractivity contribution in [3.63, 3.8) is 0 Å². The summed E-state index contributed by atoms with van der Waals surface area (Å²) in [5.41, 5.74) is 6.78. The molecule has 0 spiro atoms. The van der Waals surface area contributed by atoms with E-state index in [0.717, 1.165) is 24.3 Å². The minimum absolute atomic E-state index is 0.0967. The van der Waals surface area contributed by atoms with Gasteiger partial charge in [0, 0.05) is 6.42 Å². The average molecular weight is 289 g/mol. The third kappa shape index (κ3) is 4.43. The van der Waals surface area contributed by atoms with Crippen LogP contribution in [0, 0.1) is 0 Å². The van der Waals surface area contributed by atoms with Crippen LogP contribution >= 0.6 is 11.3 Å². The molecule has 0 bridgehead atoms. The lowest BCUT2D eigenvalue weighted by Crippen LogP contribution is -2.05. The Bertz CT molecular complexity index is 527. The fourth-order valence-electron chi connectivity index (χ4n) is 2.00. The molecule has 0 aliphatic heterocycles. The summed E-state index contributed by atoms with van der Waals surface area (Å²) in [5.74, 6) is 0. The molecular weight excluding hydrogens is 270 g/mol. The van der Waals surface area contributed by atoms with Gasteiger partial charge in [-0.25, -0.2) is 0 Å². The molecular formula is C15H19N3OS. The summed E-state index contributed by atoms with van der Waals surface area (Å²) in [6, 6.07) is 10.3. The number of hydrogen-bond acceptors (Lipinski definition) is 5. The molecule has 0 saturated carbocycles. The van der Waals surface area contributed by atoms with Gasteiger partial charge < -0.3 is 10.5 Å². The van der Waals surface area contributed by atoms with Crippen LogP contribution in [0.5, 0.6) is 0 Å². The Labute approximate surface area is 123 Å². The van der Waals surface area contributed by atoms with Gasteiger partial charge in [-0.05, 0) is 18.4 Å². The van der Waals surface area contributed by atoms with Crippen LogP contribution in [0.4, 0.5) is 5.13 Å². The van der Waals surface area contributed by atoms with Gasteiger partial charge in [0.15, 0.2) is 0 Å². The van der Waals surface area contributed by atoms with Gasteiger partial charge in [-0.2, -0.15) is 0 Å². The Kier molecular flexibility index (Phi) is 5.70. The Balaban J connectivity index is 1.89. The Morgan fingerprint density at radius 2 is 2.10 bits per heavy atom. The Morgan fingerprint density at radius 1 is 1.30 bits per heavy atom. The van der Waals surface area contributed by atoms with E-state index in [1.54, 1.807) is 6.08 Å². The number of aryl methyl sites for hydroxylation is 1. The van der Waals surface area contributed by atoms with Crippen molar-refractivity contribution in [1.82, 2.24) is 10.2 Å². The van der Waals surface area contributed by atoms with E-state index in [9.17, 15) is 0 Å². The zero-order chi connectivity index (χ0) is 14.2. The topological polar surface area (TPSA) is 61.0 Å². The largest absolute Gasteiger partial charge is 0.374 e. The highest BCUT2D eigenvalue weighted by atomic mass is 32.1. The van der Waals surface area contributed by atoms with E-state index in [-0.39, 0.29) is 6.10 Å². The molecule has 1 aromatic carbocycles. The van der Waals surface area contributed by atoms with Crippen molar-refractivity contribution >= 4 is 16.5 Å². The summed E-state index contributed by atoms with van der Waals surface area (Å²) in [7, 11) is 0. The molecule has 2 aromatic rings. The summed E-state index contributed by atoms with van der Waals surface area (Å²) in [6.45, 7) is 4.26. The molecule has 0 amide bonds. The molecule has 106 valence electrons. The van der Waals surface area contributed by atoms with Crippen molar-refractivity contribution in [2.45, 2.75) is 25.4 Å². The van der Waals surface area contributed by atoms with Crippen LogP contribution in [0.1, 0.15) is 29.5 Å². The molecule has 2 N–H and O–H groups in total. The number of ether oxygens (including phenoxy) is 1. The number of aromatic nitrogens is 2. The third-order valence-corrected chi connectivity index (χ3v) is 3.74. The molecule has 1 aromatic heterocycles. The van der Waals surface area contributed by atoms with Gasteiger partial charge in [-0.15, -0.1) is 16.8 Å². The van der Waals surface area contributed by atoms with Crippen molar-refractivity contribution in [2.75, 3.05) is 12.3 Å². The quantitative estimate of drug-likeness (QED) is 0.757. The number of anilines is 1.